The fraction of sp³-hybridized carbons (Fsp3) is 0.333. The summed E-state index contributed by atoms with van der Waals surface area (Å²) in [5.41, 5.74) is -5.79. The topological polar surface area (TPSA) is 66.4 Å². The maximum absolute atomic E-state index is 12.8. The number of esters is 1. The first-order valence-electron chi connectivity index (χ1n) is 5.52. The minimum atomic E-state index is -6.20. The fourth-order valence-electron chi connectivity index (χ4n) is 1.51. The zero-order chi connectivity index (χ0) is 17.2. The molecule has 1 aromatic rings. The van der Waals surface area contributed by atoms with Crippen molar-refractivity contribution in [2.75, 3.05) is 0 Å². The van der Waals surface area contributed by atoms with Gasteiger partial charge >= 0.3 is 23.9 Å². The maximum Gasteiger partial charge on any atom is 0.437 e. The molecule has 10 heteroatoms. The van der Waals surface area contributed by atoms with Gasteiger partial charge in [0.1, 0.15) is 0 Å². The molecule has 0 aromatic heterocycles. The van der Waals surface area contributed by atoms with Crippen molar-refractivity contribution in [1.82, 2.24) is 0 Å². The van der Waals surface area contributed by atoms with E-state index in [-0.39, 0.29) is 0 Å². The van der Waals surface area contributed by atoms with Crippen LogP contribution >= 0.6 is 0 Å². The van der Waals surface area contributed by atoms with Gasteiger partial charge in [0.25, 0.3) is 0 Å². The summed E-state index contributed by atoms with van der Waals surface area (Å²) >= 11 is 0. The fourth-order valence-corrected chi connectivity index (χ4v) is 1.51. The molecule has 0 saturated heterocycles. The van der Waals surface area contributed by atoms with Gasteiger partial charge in [0.2, 0.25) is 0 Å². The van der Waals surface area contributed by atoms with Crippen molar-refractivity contribution in [2.24, 2.45) is 0 Å². The van der Waals surface area contributed by atoms with Crippen LogP contribution in [0.15, 0.2) is 30.3 Å². The number of hydrogen-bond acceptors (Lipinski definition) is 4. The zero-order valence-electron chi connectivity index (χ0n) is 10.5. The zero-order valence-corrected chi connectivity index (χ0v) is 10.5. The molecule has 0 aliphatic heterocycles. The highest BCUT2D eigenvalue weighted by Crippen LogP contribution is 2.48. The molecule has 22 heavy (non-hydrogen) atoms. The Balaban J connectivity index is 3.31. The number of hydrogen-bond donors (Lipinski definition) is 0. The first-order valence-corrected chi connectivity index (χ1v) is 5.52. The molecule has 0 aliphatic carbocycles. The van der Waals surface area contributed by atoms with Crippen LogP contribution in [0.4, 0.5) is 26.3 Å². The van der Waals surface area contributed by atoms with Gasteiger partial charge in [-0.05, 0) is 12.1 Å². The number of carboxylic acid groups (broad SMARTS) is 1. The summed E-state index contributed by atoms with van der Waals surface area (Å²) in [4.78, 5) is 21.8. The molecule has 0 saturated carbocycles. The van der Waals surface area contributed by atoms with E-state index in [9.17, 15) is 41.0 Å². The van der Waals surface area contributed by atoms with Crippen LogP contribution in [-0.4, -0.2) is 29.9 Å². The summed E-state index contributed by atoms with van der Waals surface area (Å²) in [6.45, 7) is 0. The molecule has 0 bridgehead atoms. The van der Waals surface area contributed by atoms with Gasteiger partial charge < -0.3 is 14.6 Å². The molecule has 0 fully saturated rings. The largest absolute Gasteiger partial charge is 0.550 e. The van der Waals surface area contributed by atoms with Gasteiger partial charge in [0, 0.05) is 12.4 Å². The Labute approximate surface area is 119 Å². The Morgan fingerprint density at radius 1 is 0.955 bits per heavy atom. The summed E-state index contributed by atoms with van der Waals surface area (Å²) < 4.78 is 80.5. The standard InChI is InChI=1S/C12H8F6O4/c13-11(14,15)10(6-8(19)20,12(16,17)18)22-9(21)7-4-2-1-3-5-7/h1-5H,6H2,(H,19,20)/p-1. The summed E-state index contributed by atoms with van der Waals surface area (Å²) in [7, 11) is 0. The molecule has 0 atom stereocenters. The van der Waals surface area contributed by atoms with Crippen molar-refractivity contribution in [1.29, 1.82) is 0 Å². The summed E-state index contributed by atoms with van der Waals surface area (Å²) in [6.07, 6.45) is -15.0. The van der Waals surface area contributed by atoms with Crippen molar-refractivity contribution in [3.63, 3.8) is 0 Å². The average Bonchev–Trinajstić information content (AvgIpc) is 2.35. The highest BCUT2D eigenvalue weighted by Gasteiger charge is 2.74. The van der Waals surface area contributed by atoms with E-state index in [4.69, 9.17) is 0 Å². The third-order valence-corrected chi connectivity index (χ3v) is 2.59. The van der Waals surface area contributed by atoms with Crippen LogP contribution in [0, 0.1) is 0 Å². The number of carbonyl (C=O) groups excluding carboxylic acids is 2. The third kappa shape index (κ3) is 3.49. The molecule has 1 aromatic carbocycles. The SMILES string of the molecule is O=C([O-])CC(OC(=O)c1ccccc1)(C(F)(F)F)C(F)(F)F. The summed E-state index contributed by atoms with van der Waals surface area (Å²) in [6, 6.07) is 5.55. The van der Waals surface area contributed by atoms with Gasteiger partial charge in [0.05, 0.1) is 5.56 Å². The number of aliphatic carboxylic acids is 1. The number of benzene rings is 1. The number of alkyl halides is 6. The third-order valence-electron chi connectivity index (χ3n) is 2.59. The van der Waals surface area contributed by atoms with Gasteiger partial charge in [-0.15, -0.1) is 0 Å². The van der Waals surface area contributed by atoms with E-state index >= 15 is 0 Å². The molecule has 1 rings (SSSR count). The van der Waals surface area contributed by atoms with E-state index < -0.39 is 41.9 Å². The first-order chi connectivity index (χ1) is 9.91. The molecular weight excluding hydrogens is 322 g/mol. The monoisotopic (exact) mass is 329 g/mol. The average molecular weight is 329 g/mol. The van der Waals surface area contributed by atoms with Crippen molar-refractivity contribution >= 4 is 11.9 Å². The molecule has 0 spiro atoms. The molecule has 4 nitrogen and oxygen atoms in total. The van der Waals surface area contributed by atoms with Gasteiger partial charge in [0.15, 0.2) is 0 Å². The van der Waals surface area contributed by atoms with E-state index in [0.29, 0.717) is 0 Å². The normalized spacial score (nSPS) is 12.8. The molecule has 0 radical (unpaired) electrons. The second-order valence-electron chi connectivity index (χ2n) is 4.13. The van der Waals surface area contributed by atoms with Crippen molar-refractivity contribution < 1.29 is 45.8 Å². The van der Waals surface area contributed by atoms with E-state index in [2.05, 4.69) is 4.74 Å². The Morgan fingerprint density at radius 3 is 1.77 bits per heavy atom. The van der Waals surface area contributed by atoms with Gasteiger partial charge in [-0.1, -0.05) is 18.2 Å². The highest BCUT2D eigenvalue weighted by molar-refractivity contribution is 5.90. The molecule has 0 unspecified atom stereocenters. The highest BCUT2D eigenvalue weighted by atomic mass is 19.4. The number of halogens is 6. The van der Waals surface area contributed by atoms with Crippen LogP contribution in [0.3, 0.4) is 0 Å². The van der Waals surface area contributed by atoms with Crippen molar-refractivity contribution in [3.05, 3.63) is 35.9 Å². The van der Waals surface area contributed by atoms with E-state index in [0.717, 1.165) is 12.1 Å². The van der Waals surface area contributed by atoms with Crippen LogP contribution in [-0.2, 0) is 9.53 Å². The maximum atomic E-state index is 12.8. The molecular formula is C12H7F6O4-. The second kappa shape index (κ2) is 5.85. The summed E-state index contributed by atoms with van der Waals surface area (Å²) in [5.74, 6) is -4.63. The number of ether oxygens (including phenoxy) is 1. The number of carbonyl (C=O) groups is 2. The Morgan fingerprint density at radius 2 is 1.41 bits per heavy atom. The van der Waals surface area contributed by atoms with Crippen LogP contribution in [0.5, 0.6) is 0 Å². The minimum absolute atomic E-state index is 0.598. The quantitative estimate of drug-likeness (QED) is 0.625. The number of rotatable bonds is 4. The van der Waals surface area contributed by atoms with Gasteiger partial charge in [-0.3, -0.25) is 0 Å². The minimum Gasteiger partial charge on any atom is -0.550 e. The molecule has 0 N–H and O–H groups in total. The van der Waals surface area contributed by atoms with Crippen LogP contribution in [0.25, 0.3) is 0 Å². The van der Waals surface area contributed by atoms with Crippen LogP contribution < -0.4 is 5.11 Å². The van der Waals surface area contributed by atoms with E-state index in [1.165, 1.54) is 18.2 Å². The van der Waals surface area contributed by atoms with Gasteiger partial charge in [-0.25, -0.2) is 4.79 Å². The lowest BCUT2D eigenvalue weighted by Crippen LogP contribution is -2.61. The molecule has 0 aliphatic rings. The Kier molecular flexibility index (Phi) is 4.73. The first kappa shape index (κ1) is 17.8. The molecule has 0 heterocycles. The lowest BCUT2D eigenvalue weighted by Gasteiger charge is -2.36. The molecule has 0 amide bonds. The predicted molar refractivity (Wildman–Crippen MR) is 56.3 cm³/mol. The van der Waals surface area contributed by atoms with Crippen molar-refractivity contribution in [2.45, 2.75) is 24.4 Å². The number of carboxylic acids is 1. The van der Waals surface area contributed by atoms with Crippen molar-refractivity contribution in [3.8, 4) is 0 Å². The van der Waals surface area contributed by atoms with Crippen LogP contribution in [0.2, 0.25) is 0 Å². The lowest BCUT2D eigenvalue weighted by molar-refractivity contribution is -0.377. The smallest absolute Gasteiger partial charge is 0.437 e. The summed E-state index contributed by atoms with van der Waals surface area (Å²) in [5, 5.41) is 10.3. The predicted octanol–water partition coefficient (Wildman–Crippen LogP) is 1.85. The van der Waals surface area contributed by atoms with Gasteiger partial charge in [-0.2, -0.15) is 26.3 Å². The van der Waals surface area contributed by atoms with Crippen LogP contribution in [0.1, 0.15) is 16.8 Å². The Hall–Kier alpha value is -2.26. The Bertz CT molecular complexity index is 535. The van der Waals surface area contributed by atoms with E-state index in [1.807, 2.05) is 0 Å². The molecule has 122 valence electrons. The van der Waals surface area contributed by atoms with E-state index in [1.54, 1.807) is 0 Å². The lowest BCUT2D eigenvalue weighted by atomic mass is 9.97. The second-order valence-corrected chi connectivity index (χ2v) is 4.13.